The number of halogens is 1. The SMILES string of the molecule is CCCNC(c1cccnc1C)c1c(Cl)cnn1CCC. The second-order valence-corrected chi connectivity index (χ2v) is 5.57. The van der Waals surface area contributed by atoms with Gasteiger partial charge in [-0.1, -0.05) is 31.5 Å². The Morgan fingerprint density at radius 1 is 1.33 bits per heavy atom. The van der Waals surface area contributed by atoms with Crippen LogP contribution in [0.3, 0.4) is 0 Å². The molecule has 0 bridgehead atoms. The molecule has 2 aromatic rings. The van der Waals surface area contributed by atoms with Crippen LogP contribution >= 0.6 is 11.6 Å². The summed E-state index contributed by atoms with van der Waals surface area (Å²) in [4.78, 5) is 4.41. The van der Waals surface area contributed by atoms with E-state index in [0.29, 0.717) is 5.02 Å². The molecule has 1 unspecified atom stereocenters. The van der Waals surface area contributed by atoms with Gasteiger partial charge in [-0.05, 0) is 37.9 Å². The van der Waals surface area contributed by atoms with E-state index in [0.717, 1.165) is 42.9 Å². The van der Waals surface area contributed by atoms with Gasteiger partial charge < -0.3 is 5.32 Å². The van der Waals surface area contributed by atoms with Crippen molar-refractivity contribution in [2.45, 2.75) is 46.2 Å². The standard InChI is InChI=1S/C16H23ClN4/c1-4-8-19-15(13-7-6-9-18-12(13)3)16-14(17)11-20-21(16)10-5-2/h6-7,9,11,15,19H,4-5,8,10H2,1-3H3. The highest BCUT2D eigenvalue weighted by molar-refractivity contribution is 6.31. The molecular weight excluding hydrogens is 284 g/mol. The Kier molecular flexibility index (Phi) is 5.76. The van der Waals surface area contributed by atoms with Crippen molar-refractivity contribution in [3.63, 3.8) is 0 Å². The van der Waals surface area contributed by atoms with Gasteiger partial charge in [0.2, 0.25) is 0 Å². The first-order chi connectivity index (χ1) is 10.2. The van der Waals surface area contributed by atoms with Crippen molar-refractivity contribution >= 4 is 11.6 Å². The molecule has 1 atom stereocenters. The lowest BCUT2D eigenvalue weighted by Crippen LogP contribution is -2.27. The first-order valence-corrected chi connectivity index (χ1v) is 7.92. The predicted molar refractivity (Wildman–Crippen MR) is 86.6 cm³/mol. The third-order valence-electron chi connectivity index (χ3n) is 3.50. The number of aryl methyl sites for hydroxylation is 2. The van der Waals surface area contributed by atoms with Crippen LogP contribution in [0.25, 0.3) is 0 Å². The van der Waals surface area contributed by atoms with Crippen molar-refractivity contribution in [2.75, 3.05) is 6.54 Å². The summed E-state index contributed by atoms with van der Waals surface area (Å²) in [6, 6.07) is 4.10. The van der Waals surface area contributed by atoms with Crippen LogP contribution in [0.2, 0.25) is 5.02 Å². The van der Waals surface area contributed by atoms with Crippen LogP contribution in [0.15, 0.2) is 24.5 Å². The fraction of sp³-hybridized carbons (Fsp3) is 0.500. The molecule has 0 spiro atoms. The van der Waals surface area contributed by atoms with Gasteiger partial charge in [0.1, 0.15) is 0 Å². The van der Waals surface area contributed by atoms with Gasteiger partial charge in [0.15, 0.2) is 0 Å². The van der Waals surface area contributed by atoms with Gasteiger partial charge in [0.05, 0.1) is 23.0 Å². The average Bonchev–Trinajstić information content (AvgIpc) is 2.83. The van der Waals surface area contributed by atoms with E-state index in [4.69, 9.17) is 11.6 Å². The van der Waals surface area contributed by atoms with E-state index >= 15 is 0 Å². The maximum Gasteiger partial charge on any atom is 0.0837 e. The molecule has 0 aromatic carbocycles. The minimum absolute atomic E-state index is 0.0280. The lowest BCUT2D eigenvalue weighted by molar-refractivity contribution is 0.509. The molecule has 4 nitrogen and oxygen atoms in total. The Morgan fingerprint density at radius 2 is 2.14 bits per heavy atom. The summed E-state index contributed by atoms with van der Waals surface area (Å²) in [6.45, 7) is 8.12. The Labute approximate surface area is 131 Å². The van der Waals surface area contributed by atoms with Crippen molar-refractivity contribution in [1.29, 1.82) is 0 Å². The maximum absolute atomic E-state index is 6.41. The molecule has 0 aliphatic heterocycles. The normalized spacial score (nSPS) is 12.6. The summed E-state index contributed by atoms with van der Waals surface area (Å²) < 4.78 is 2.00. The highest BCUT2D eigenvalue weighted by atomic mass is 35.5. The number of nitrogens with one attached hydrogen (secondary N) is 1. The molecule has 0 aliphatic rings. The molecule has 0 saturated heterocycles. The average molecular weight is 307 g/mol. The van der Waals surface area contributed by atoms with Gasteiger partial charge in [-0.3, -0.25) is 9.67 Å². The van der Waals surface area contributed by atoms with E-state index < -0.39 is 0 Å². The lowest BCUT2D eigenvalue weighted by Gasteiger charge is -2.22. The van der Waals surface area contributed by atoms with E-state index in [-0.39, 0.29) is 6.04 Å². The Hall–Kier alpha value is -1.39. The van der Waals surface area contributed by atoms with Gasteiger partial charge in [0, 0.05) is 18.4 Å². The van der Waals surface area contributed by atoms with Gasteiger partial charge in [-0.15, -0.1) is 0 Å². The van der Waals surface area contributed by atoms with Crippen LogP contribution in [-0.4, -0.2) is 21.3 Å². The molecule has 0 fully saturated rings. The highest BCUT2D eigenvalue weighted by Gasteiger charge is 2.23. The Bertz CT molecular complexity index is 579. The molecule has 2 rings (SSSR count). The van der Waals surface area contributed by atoms with Crippen LogP contribution in [0.4, 0.5) is 0 Å². The summed E-state index contributed by atoms with van der Waals surface area (Å²) in [5.41, 5.74) is 3.21. The third-order valence-corrected chi connectivity index (χ3v) is 3.79. The first-order valence-electron chi connectivity index (χ1n) is 7.55. The second-order valence-electron chi connectivity index (χ2n) is 5.17. The molecule has 0 saturated carbocycles. The van der Waals surface area contributed by atoms with Crippen LogP contribution in [0, 0.1) is 6.92 Å². The Balaban J connectivity index is 2.45. The van der Waals surface area contributed by atoms with Gasteiger partial charge in [0.25, 0.3) is 0 Å². The highest BCUT2D eigenvalue weighted by Crippen LogP contribution is 2.29. The first kappa shape index (κ1) is 16.0. The monoisotopic (exact) mass is 306 g/mol. The van der Waals surface area contributed by atoms with Gasteiger partial charge >= 0.3 is 0 Å². The largest absolute Gasteiger partial charge is 0.305 e. The molecule has 2 heterocycles. The lowest BCUT2D eigenvalue weighted by atomic mass is 10.0. The minimum atomic E-state index is 0.0280. The summed E-state index contributed by atoms with van der Waals surface area (Å²) in [5, 5.41) is 8.71. The van der Waals surface area contributed by atoms with Crippen molar-refractivity contribution < 1.29 is 0 Å². The zero-order valence-corrected chi connectivity index (χ0v) is 13.7. The molecule has 21 heavy (non-hydrogen) atoms. The second kappa shape index (κ2) is 7.57. The zero-order chi connectivity index (χ0) is 15.2. The van der Waals surface area contributed by atoms with E-state index in [1.807, 2.05) is 23.9 Å². The molecule has 0 radical (unpaired) electrons. The van der Waals surface area contributed by atoms with E-state index in [9.17, 15) is 0 Å². The smallest absolute Gasteiger partial charge is 0.0837 e. The van der Waals surface area contributed by atoms with Crippen molar-refractivity contribution in [3.05, 3.63) is 46.5 Å². The number of pyridine rings is 1. The number of hydrogen-bond acceptors (Lipinski definition) is 3. The van der Waals surface area contributed by atoms with Crippen molar-refractivity contribution in [1.82, 2.24) is 20.1 Å². The van der Waals surface area contributed by atoms with Gasteiger partial charge in [-0.2, -0.15) is 5.10 Å². The van der Waals surface area contributed by atoms with Crippen LogP contribution in [0.1, 0.15) is 49.7 Å². The van der Waals surface area contributed by atoms with Crippen LogP contribution < -0.4 is 5.32 Å². The maximum atomic E-state index is 6.41. The number of nitrogens with zero attached hydrogens (tertiary/aromatic N) is 3. The molecule has 0 aliphatic carbocycles. The van der Waals surface area contributed by atoms with Crippen molar-refractivity contribution in [3.8, 4) is 0 Å². The fourth-order valence-electron chi connectivity index (χ4n) is 2.49. The molecule has 0 amide bonds. The van der Waals surface area contributed by atoms with Crippen molar-refractivity contribution in [2.24, 2.45) is 0 Å². The quantitative estimate of drug-likeness (QED) is 0.847. The number of aromatic nitrogens is 3. The summed E-state index contributed by atoms with van der Waals surface area (Å²) >= 11 is 6.41. The molecule has 114 valence electrons. The summed E-state index contributed by atoms with van der Waals surface area (Å²) in [7, 11) is 0. The van der Waals surface area contributed by atoms with Crippen LogP contribution in [0.5, 0.6) is 0 Å². The van der Waals surface area contributed by atoms with E-state index in [1.165, 1.54) is 0 Å². The molecular formula is C16H23ClN4. The Morgan fingerprint density at radius 3 is 2.81 bits per heavy atom. The third kappa shape index (κ3) is 3.63. The summed E-state index contributed by atoms with van der Waals surface area (Å²) in [5.74, 6) is 0. The number of rotatable bonds is 7. The minimum Gasteiger partial charge on any atom is -0.305 e. The summed E-state index contributed by atoms with van der Waals surface area (Å²) in [6.07, 6.45) is 5.65. The molecule has 2 aromatic heterocycles. The molecule has 5 heteroatoms. The predicted octanol–water partition coefficient (Wildman–Crippen LogP) is 3.74. The van der Waals surface area contributed by atoms with E-state index in [2.05, 4.69) is 35.3 Å². The topological polar surface area (TPSA) is 42.7 Å². The van der Waals surface area contributed by atoms with E-state index in [1.54, 1.807) is 6.20 Å². The van der Waals surface area contributed by atoms with Gasteiger partial charge in [-0.25, -0.2) is 0 Å². The van der Waals surface area contributed by atoms with Crippen LogP contribution in [-0.2, 0) is 6.54 Å². The number of hydrogen-bond donors (Lipinski definition) is 1. The zero-order valence-electron chi connectivity index (χ0n) is 12.9. The molecule has 1 N–H and O–H groups in total. The fourth-order valence-corrected chi connectivity index (χ4v) is 2.74.